The van der Waals surface area contributed by atoms with Gasteiger partial charge in [-0.2, -0.15) is 0 Å². The van der Waals surface area contributed by atoms with Gasteiger partial charge in [0.25, 0.3) is 0 Å². The van der Waals surface area contributed by atoms with E-state index in [1.54, 1.807) is 0 Å². The van der Waals surface area contributed by atoms with Crippen LogP contribution in [0.25, 0.3) is 0 Å². The monoisotopic (exact) mass is 266 g/mol. The van der Waals surface area contributed by atoms with E-state index in [0.717, 1.165) is 12.3 Å². The lowest BCUT2D eigenvalue weighted by Gasteiger charge is -2.39. The molecule has 3 heteroatoms. The van der Waals surface area contributed by atoms with E-state index in [-0.39, 0.29) is 5.54 Å². The summed E-state index contributed by atoms with van der Waals surface area (Å²) in [7, 11) is 2.11. The standard InChI is InChI=1S/C15H26N2S/c1-5-12-8-7-9-15(10-12,16-4)14-17-13(6-2)11(3)18-14/h12,16H,5-10H2,1-4H3. The van der Waals surface area contributed by atoms with E-state index in [0.29, 0.717) is 0 Å². The Morgan fingerprint density at radius 2 is 2.22 bits per heavy atom. The summed E-state index contributed by atoms with van der Waals surface area (Å²) in [5.41, 5.74) is 1.45. The predicted octanol–water partition coefficient (Wildman–Crippen LogP) is 4.03. The summed E-state index contributed by atoms with van der Waals surface area (Å²) in [5.74, 6) is 0.862. The average molecular weight is 266 g/mol. The lowest BCUT2D eigenvalue weighted by atomic mass is 9.75. The Kier molecular flexibility index (Phi) is 4.44. The Bertz CT molecular complexity index is 399. The third kappa shape index (κ3) is 2.48. The Morgan fingerprint density at radius 1 is 1.44 bits per heavy atom. The highest BCUT2D eigenvalue weighted by Gasteiger charge is 2.38. The summed E-state index contributed by atoms with van der Waals surface area (Å²) in [6.45, 7) is 6.73. The minimum Gasteiger partial charge on any atom is -0.308 e. The van der Waals surface area contributed by atoms with Crippen LogP contribution in [0, 0.1) is 12.8 Å². The third-order valence-electron chi connectivity index (χ3n) is 4.55. The topological polar surface area (TPSA) is 24.9 Å². The zero-order valence-corrected chi connectivity index (χ0v) is 13.0. The van der Waals surface area contributed by atoms with Gasteiger partial charge in [0.1, 0.15) is 5.01 Å². The number of nitrogens with zero attached hydrogens (tertiary/aromatic N) is 1. The van der Waals surface area contributed by atoms with Crippen LogP contribution in [0.5, 0.6) is 0 Å². The zero-order valence-electron chi connectivity index (χ0n) is 12.2. The van der Waals surface area contributed by atoms with E-state index in [2.05, 4.69) is 33.1 Å². The van der Waals surface area contributed by atoms with Gasteiger partial charge >= 0.3 is 0 Å². The van der Waals surface area contributed by atoms with Crippen molar-refractivity contribution >= 4 is 11.3 Å². The molecule has 0 aromatic carbocycles. The summed E-state index contributed by atoms with van der Waals surface area (Å²) < 4.78 is 0. The van der Waals surface area contributed by atoms with Crippen LogP contribution in [-0.4, -0.2) is 12.0 Å². The lowest BCUT2D eigenvalue weighted by molar-refractivity contribution is 0.185. The molecule has 2 nitrogen and oxygen atoms in total. The number of hydrogen-bond acceptors (Lipinski definition) is 3. The first-order valence-electron chi connectivity index (χ1n) is 7.31. The van der Waals surface area contributed by atoms with Crippen LogP contribution in [-0.2, 0) is 12.0 Å². The first kappa shape index (κ1) is 14.0. The molecule has 0 amide bonds. The largest absolute Gasteiger partial charge is 0.308 e. The molecule has 2 rings (SSSR count). The molecule has 0 saturated heterocycles. The Balaban J connectivity index is 2.30. The molecule has 2 unspecified atom stereocenters. The van der Waals surface area contributed by atoms with E-state index >= 15 is 0 Å². The van der Waals surface area contributed by atoms with Crippen LogP contribution in [0.4, 0.5) is 0 Å². The molecule has 1 aromatic rings. The minimum atomic E-state index is 0.155. The average Bonchev–Trinajstić information content (AvgIpc) is 2.80. The molecule has 1 heterocycles. The van der Waals surface area contributed by atoms with Crippen molar-refractivity contribution in [2.45, 2.75) is 64.8 Å². The second kappa shape index (κ2) is 5.70. The van der Waals surface area contributed by atoms with Crippen LogP contribution >= 0.6 is 11.3 Å². The van der Waals surface area contributed by atoms with Crippen molar-refractivity contribution in [3.8, 4) is 0 Å². The summed E-state index contributed by atoms with van der Waals surface area (Å²) in [5, 5.41) is 4.94. The fourth-order valence-corrected chi connectivity index (χ4v) is 4.46. The highest BCUT2D eigenvalue weighted by Crippen LogP contribution is 2.42. The zero-order chi connectivity index (χ0) is 13.2. The molecular formula is C15H26N2S. The molecule has 0 radical (unpaired) electrons. The highest BCUT2D eigenvalue weighted by molar-refractivity contribution is 7.11. The second-order valence-corrected chi connectivity index (χ2v) is 6.78. The molecule has 0 aliphatic heterocycles. The van der Waals surface area contributed by atoms with E-state index < -0.39 is 0 Å². The molecule has 2 atom stereocenters. The van der Waals surface area contributed by atoms with E-state index in [1.165, 1.54) is 47.7 Å². The highest BCUT2D eigenvalue weighted by atomic mass is 32.1. The summed E-state index contributed by atoms with van der Waals surface area (Å²) in [6, 6.07) is 0. The Labute approximate surface area is 115 Å². The van der Waals surface area contributed by atoms with Gasteiger partial charge in [-0.25, -0.2) is 4.98 Å². The second-order valence-electron chi connectivity index (χ2n) is 5.58. The van der Waals surface area contributed by atoms with Gasteiger partial charge in [0.05, 0.1) is 11.2 Å². The molecule has 1 fully saturated rings. The molecule has 1 N–H and O–H groups in total. The normalized spacial score (nSPS) is 28.6. The molecule has 0 bridgehead atoms. The molecule has 1 aromatic heterocycles. The van der Waals surface area contributed by atoms with Gasteiger partial charge in [0, 0.05) is 4.88 Å². The van der Waals surface area contributed by atoms with Crippen molar-refractivity contribution in [3.05, 3.63) is 15.6 Å². The Morgan fingerprint density at radius 3 is 2.78 bits per heavy atom. The van der Waals surface area contributed by atoms with E-state index in [1.807, 2.05) is 11.3 Å². The molecule has 1 aliphatic rings. The number of nitrogens with one attached hydrogen (secondary N) is 1. The number of hydrogen-bond donors (Lipinski definition) is 1. The molecule has 1 saturated carbocycles. The lowest BCUT2D eigenvalue weighted by Crippen LogP contribution is -2.44. The summed E-state index contributed by atoms with van der Waals surface area (Å²) >= 11 is 1.91. The smallest absolute Gasteiger partial charge is 0.113 e. The van der Waals surface area contributed by atoms with Gasteiger partial charge in [0.15, 0.2) is 0 Å². The van der Waals surface area contributed by atoms with Gasteiger partial charge in [0.2, 0.25) is 0 Å². The minimum absolute atomic E-state index is 0.155. The summed E-state index contributed by atoms with van der Waals surface area (Å²) in [4.78, 5) is 6.32. The molecular weight excluding hydrogens is 240 g/mol. The predicted molar refractivity (Wildman–Crippen MR) is 79.2 cm³/mol. The van der Waals surface area contributed by atoms with Crippen molar-refractivity contribution < 1.29 is 0 Å². The summed E-state index contributed by atoms with van der Waals surface area (Å²) in [6.07, 6.45) is 7.59. The van der Waals surface area contributed by atoms with E-state index in [4.69, 9.17) is 4.98 Å². The van der Waals surface area contributed by atoms with Crippen LogP contribution < -0.4 is 5.32 Å². The number of thiazole rings is 1. The van der Waals surface area contributed by atoms with Crippen LogP contribution in [0.15, 0.2) is 0 Å². The first-order valence-corrected chi connectivity index (χ1v) is 8.12. The number of aromatic nitrogens is 1. The molecule has 0 spiro atoms. The molecule has 102 valence electrons. The maximum atomic E-state index is 4.92. The number of aryl methyl sites for hydroxylation is 2. The van der Waals surface area contributed by atoms with Gasteiger partial charge in [-0.1, -0.05) is 33.1 Å². The van der Waals surface area contributed by atoms with Crippen molar-refractivity contribution in [3.63, 3.8) is 0 Å². The van der Waals surface area contributed by atoms with Gasteiger partial charge in [-0.3, -0.25) is 0 Å². The fourth-order valence-electron chi connectivity index (χ4n) is 3.23. The third-order valence-corrected chi connectivity index (χ3v) is 5.76. The van der Waals surface area contributed by atoms with Crippen molar-refractivity contribution in [2.75, 3.05) is 7.05 Å². The van der Waals surface area contributed by atoms with Gasteiger partial charge < -0.3 is 5.32 Å². The maximum absolute atomic E-state index is 4.92. The Hall–Kier alpha value is -0.410. The van der Waals surface area contributed by atoms with Crippen molar-refractivity contribution in [1.29, 1.82) is 0 Å². The van der Waals surface area contributed by atoms with Gasteiger partial charge in [-0.05, 0) is 39.2 Å². The first-order chi connectivity index (χ1) is 8.65. The molecule has 1 aliphatic carbocycles. The van der Waals surface area contributed by atoms with Crippen LogP contribution in [0.2, 0.25) is 0 Å². The fraction of sp³-hybridized carbons (Fsp3) is 0.800. The van der Waals surface area contributed by atoms with Crippen LogP contribution in [0.3, 0.4) is 0 Å². The van der Waals surface area contributed by atoms with Crippen molar-refractivity contribution in [1.82, 2.24) is 10.3 Å². The van der Waals surface area contributed by atoms with Crippen LogP contribution in [0.1, 0.15) is 61.5 Å². The maximum Gasteiger partial charge on any atom is 0.113 e. The van der Waals surface area contributed by atoms with Crippen molar-refractivity contribution in [2.24, 2.45) is 5.92 Å². The van der Waals surface area contributed by atoms with E-state index in [9.17, 15) is 0 Å². The van der Waals surface area contributed by atoms with Gasteiger partial charge in [-0.15, -0.1) is 11.3 Å². The molecule has 18 heavy (non-hydrogen) atoms. The quantitative estimate of drug-likeness (QED) is 0.890. The number of rotatable bonds is 4. The SMILES string of the molecule is CCc1nc(C2(NC)CCCC(CC)C2)sc1C.